The molecule has 0 aromatic carbocycles. The number of H-pyrrole nitrogens is 1. The minimum Gasteiger partial charge on any atom is -0.355 e. The highest BCUT2D eigenvalue weighted by molar-refractivity contribution is 7.91. The Labute approximate surface area is 88.0 Å². The first kappa shape index (κ1) is 11.7. The fourth-order valence-electron chi connectivity index (χ4n) is 1.05. The molecule has 1 amide bonds. The molecule has 0 atom stereocenters. The molecule has 7 heteroatoms. The maximum atomic E-state index is 11.1. The second-order valence-electron chi connectivity index (χ2n) is 3.25. The van der Waals surface area contributed by atoms with Gasteiger partial charge in [-0.15, -0.1) is 0 Å². The number of rotatable bonds is 5. The fraction of sp³-hybridized carbons (Fsp3) is 0.500. The lowest BCUT2D eigenvalue weighted by Crippen LogP contribution is -2.31. The van der Waals surface area contributed by atoms with E-state index >= 15 is 0 Å². The normalized spacial score (nSPS) is 11.3. The van der Waals surface area contributed by atoms with E-state index in [0.29, 0.717) is 13.0 Å². The zero-order valence-electron chi connectivity index (χ0n) is 8.36. The highest BCUT2D eigenvalue weighted by Crippen LogP contribution is 1.90. The molecule has 1 aromatic heterocycles. The molecule has 0 saturated heterocycles. The molecule has 0 unspecified atom stereocenters. The smallest absolute Gasteiger partial charge is 0.235 e. The van der Waals surface area contributed by atoms with Crippen molar-refractivity contribution in [2.75, 3.05) is 18.6 Å². The fourth-order valence-corrected chi connectivity index (χ4v) is 1.63. The maximum Gasteiger partial charge on any atom is 0.235 e. The zero-order valence-corrected chi connectivity index (χ0v) is 9.17. The molecule has 2 N–H and O–H groups in total. The standard InChI is InChI=1S/C8H13N3O3S/c1-15(13,14)5-8(12)10-3-2-7-4-9-6-11-7/h4,6H,2-3,5H2,1H3,(H,9,11)(H,10,12). The molecule has 1 aromatic rings. The molecule has 0 bridgehead atoms. The van der Waals surface area contributed by atoms with Gasteiger partial charge in [0.2, 0.25) is 5.91 Å². The van der Waals surface area contributed by atoms with Crippen molar-refractivity contribution < 1.29 is 13.2 Å². The molecule has 84 valence electrons. The lowest BCUT2D eigenvalue weighted by Gasteiger charge is -2.02. The molecule has 0 aliphatic carbocycles. The Morgan fingerprint density at radius 1 is 1.60 bits per heavy atom. The highest BCUT2D eigenvalue weighted by Gasteiger charge is 2.09. The number of imidazole rings is 1. The van der Waals surface area contributed by atoms with E-state index in [1.165, 1.54) is 0 Å². The molecule has 0 saturated carbocycles. The van der Waals surface area contributed by atoms with Crippen LogP contribution in [0.4, 0.5) is 0 Å². The molecular formula is C8H13N3O3S. The van der Waals surface area contributed by atoms with Gasteiger partial charge >= 0.3 is 0 Å². The summed E-state index contributed by atoms with van der Waals surface area (Å²) in [5.41, 5.74) is 0.898. The summed E-state index contributed by atoms with van der Waals surface area (Å²) >= 11 is 0. The van der Waals surface area contributed by atoms with E-state index in [0.717, 1.165) is 11.9 Å². The number of nitrogens with one attached hydrogen (secondary N) is 2. The molecule has 0 aliphatic rings. The van der Waals surface area contributed by atoms with Gasteiger partial charge in [0.15, 0.2) is 9.84 Å². The van der Waals surface area contributed by atoms with Crippen LogP contribution >= 0.6 is 0 Å². The Bertz CT molecular complexity index is 410. The summed E-state index contributed by atoms with van der Waals surface area (Å²) in [5.74, 6) is -0.937. The average molecular weight is 231 g/mol. The highest BCUT2D eigenvalue weighted by atomic mass is 32.2. The van der Waals surface area contributed by atoms with Crippen molar-refractivity contribution in [1.82, 2.24) is 15.3 Å². The van der Waals surface area contributed by atoms with Gasteiger partial charge in [-0.05, 0) is 0 Å². The minimum atomic E-state index is -3.24. The number of carbonyl (C=O) groups is 1. The van der Waals surface area contributed by atoms with Gasteiger partial charge in [0.25, 0.3) is 0 Å². The Hall–Kier alpha value is -1.37. The van der Waals surface area contributed by atoms with Crippen LogP contribution in [0.5, 0.6) is 0 Å². The van der Waals surface area contributed by atoms with Gasteiger partial charge in [-0.25, -0.2) is 13.4 Å². The summed E-state index contributed by atoms with van der Waals surface area (Å²) in [4.78, 5) is 17.8. The first-order chi connectivity index (χ1) is 6.97. The van der Waals surface area contributed by atoms with Gasteiger partial charge in [0, 0.05) is 31.1 Å². The van der Waals surface area contributed by atoms with E-state index in [1.807, 2.05) is 0 Å². The largest absolute Gasteiger partial charge is 0.355 e. The number of hydrogen-bond donors (Lipinski definition) is 2. The van der Waals surface area contributed by atoms with Crippen molar-refractivity contribution in [3.05, 3.63) is 18.2 Å². The topological polar surface area (TPSA) is 91.9 Å². The van der Waals surface area contributed by atoms with E-state index in [4.69, 9.17) is 0 Å². The average Bonchev–Trinajstić information content (AvgIpc) is 2.53. The third-order valence-corrected chi connectivity index (χ3v) is 2.45. The van der Waals surface area contributed by atoms with Crippen LogP contribution in [-0.4, -0.2) is 42.8 Å². The number of hydrogen-bond acceptors (Lipinski definition) is 4. The number of amides is 1. The molecule has 15 heavy (non-hydrogen) atoms. The predicted molar refractivity (Wildman–Crippen MR) is 55.0 cm³/mol. The summed E-state index contributed by atoms with van der Waals surface area (Å²) in [6.45, 7) is 0.399. The van der Waals surface area contributed by atoms with Crippen molar-refractivity contribution in [2.45, 2.75) is 6.42 Å². The van der Waals surface area contributed by atoms with Crippen LogP contribution in [0.2, 0.25) is 0 Å². The number of nitrogens with zero attached hydrogens (tertiary/aromatic N) is 1. The summed E-state index contributed by atoms with van der Waals surface area (Å²) in [7, 11) is -3.24. The van der Waals surface area contributed by atoms with Gasteiger partial charge in [0.1, 0.15) is 5.75 Å². The number of sulfone groups is 1. The van der Waals surface area contributed by atoms with Crippen molar-refractivity contribution in [3.8, 4) is 0 Å². The van der Waals surface area contributed by atoms with E-state index in [-0.39, 0.29) is 0 Å². The van der Waals surface area contributed by atoms with Crippen LogP contribution in [0.1, 0.15) is 5.69 Å². The first-order valence-corrected chi connectivity index (χ1v) is 6.45. The van der Waals surface area contributed by atoms with Gasteiger partial charge in [-0.3, -0.25) is 4.79 Å². The van der Waals surface area contributed by atoms with Gasteiger partial charge in [0.05, 0.1) is 6.33 Å². The molecule has 0 fully saturated rings. The summed E-state index contributed by atoms with van der Waals surface area (Å²) < 4.78 is 21.5. The zero-order chi connectivity index (χ0) is 11.3. The van der Waals surface area contributed by atoms with Crippen LogP contribution in [0, 0.1) is 0 Å². The van der Waals surface area contributed by atoms with Crippen molar-refractivity contribution in [3.63, 3.8) is 0 Å². The van der Waals surface area contributed by atoms with Crippen LogP contribution in [0.15, 0.2) is 12.5 Å². The van der Waals surface area contributed by atoms with E-state index in [1.54, 1.807) is 12.5 Å². The molecule has 0 radical (unpaired) electrons. The molecule has 1 heterocycles. The Kier molecular flexibility index (Phi) is 3.84. The maximum absolute atomic E-state index is 11.1. The first-order valence-electron chi connectivity index (χ1n) is 4.39. The Morgan fingerprint density at radius 3 is 2.87 bits per heavy atom. The van der Waals surface area contributed by atoms with Crippen molar-refractivity contribution in [1.29, 1.82) is 0 Å². The third-order valence-electron chi connectivity index (χ3n) is 1.66. The van der Waals surface area contributed by atoms with Crippen LogP contribution in [-0.2, 0) is 21.1 Å². The summed E-state index contributed by atoms with van der Waals surface area (Å²) in [6.07, 6.45) is 4.84. The summed E-state index contributed by atoms with van der Waals surface area (Å²) in [5, 5.41) is 2.51. The van der Waals surface area contributed by atoms with E-state index < -0.39 is 21.5 Å². The molecule has 1 rings (SSSR count). The third kappa shape index (κ3) is 5.16. The Morgan fingerprint density at radius 2 is 2.33 bits per heavy atom. The van der Waals surface area contributed by atoms with Gasteiger partial charge in [-0.1, -0.05) is 0 Å². The lowest BCUT2D eigenvalue weighted by molar-refractivity contribution is -0.118. The molecule has 6 nitrogen and oxygen atoms in total. The van der Waals surface area contributed by atoms with Crippen molar-refractivity contribution >= 4 is 15.7 Å². The quantitative estimate of drug-likeness (QED) is 0.688. The summed E-state index contributed by atoms with van der Waals surface area (Å²) in [6, 6.07) is 0. The monoisotopic (exact) mass is 231 g/mol. The van der Waals surface area contributed by atoms with E-state index in [2.05, 4.69) is 15.3 Å². The number of aromatic amines is 1. The van der Waals surface area contributed by atoms with Crippen LogP contribution in [0.25, 0.3) is 0 Å². The van der Waals surface area contributed by atoms with Crippen LogP contribution < -0.4 is 5.32 Å². The molecule has 0 spiro atoms. The van der Waals surface area contributed by atoms with Gasteiger partial charge in [-0.2, -0.15) is 0 Å². The Balaban J connectivity index is 2.24. The predicted octanol–water partition coefficient (Wildman–Crippen LogP) is -0.887. The minimum absolute atomic E-state index is 0.399. The second-order valence-corrected chi connectivity index (χ2v) is 5.39. The number of aromatic nitrogens is 2. The van der Waals surface area contributed by atoms with Crippen LogP contribution in [0.3, 0.4) is 0 Å². The van der Waals surface area contributed by atoms with Gasteiger partial charge < -0.3 is 10.3 Å². The molecular weight excluding hydrogens is 218 g/mol. The number of carbonyl (C=O) groups excluding carboxylic acids is 1. The lowest BCUT2D eigenvalue weighted by atomic mass is 10.3. The molecule has 0 aliphatic heterocycles. The van der Waals surface area contributed by atoms with Crippen molar-refractivity contribution in [2.24, 2.45) is 0 Å². The second kappa shape index (κ2) is 4.92. The SMILES string of the molecule is CS(=O)(=O)CC(=O)NCCc1cnc[nH]1. The van der Waals surface area contributed by atoms with E-state index in [9.17, 15) is 13.2 Å².